The molecule has 1 aromatic rings. The molecule has 10 heteroatoms. The SMILES string of the molecule is CO[C@H]1C[C@H](n2nc(C(F)(F)F)c3c2CC(F)(F)C3C)CCC1(F)F. The Bertz CT molecular complexity index is 668. The lowest BCUT2D eigenvalue weighted by Gasteiger charge is -2.35. The van der Waals surface area contributed by atoms with Crippen LogP contribution in [0, 0.1) is 0 Å². The number of hydrogen-bond acceptors (Lipinski definition) is 2. The van der Waals surface area contributed by atoms with Gasteiger partial charge in [-0.2, -0.15) is 18.3 Å². The maximum atomic E-state index is 14.0. The first-order chi connectivity index (χ1) is 11.4. The molecule has 1 heterocycles. The van der Waals surface area contributed by atoms with E-state index in [4.69, 9.17) is 4.74 Å². The summed E-state index contributed by atoms with van der Waals surface area (Å²) in [6.07, 6.45) is -8.29. The van der Waals surface area contributed by atoms with Crippen molar-refractivity contribution in [2.75, 3.05) is 7.11 Å². The van der Waals surface area contributed by atoms with Gasteiger partial charge >= 0.3 is 6.18 Å². The zero-order valence-corrected chi connectivity index (χ0v) is 13.5. The van der Waals surface area contributed by atoms with Crippen molar-refractivity contribution < 1.29 is 35.5 Å². The Morgan fingerprint density at radius 1 is 1.16 bits per heavy atom. The molecule has 0 bridgehead atoms. The van der Waals surface area contributed by atoms with Gasteiger partial charge in [0.15, 0.2) is 5.69 Å². The van der Waals surface area contributed by atoms with Crippen molar-refractivity contribution in [1.29, 1.82) is 0 Å². The van der Waals surface area contributed by atoms with Crippen LogP contribution in [0.1, 0.15) is 55.1 Å². The van der Waals surface area contributed by atoms with E-state index in [1.165, 1.54) is 0 Å². The Balaban J connectivity index is 2.03. The van der Waals surface area contributed by atoms with Gasteiger partial charge in [-0.25, -0.2) is 17.6 Å². The van der Waals surface area contributed by atoms with Crippen molar-refractivity contribution in [1.82, 2.24) is 9.78 Å². The van der Waals surface area contributed by atoms with Crippen LogP contribution in [0.5, 0.6) is 0 Å². The van der Waals surface area contributed by atoms with Crippen molar-refractivity contribution in [2.24, 2.45) is 0 Å². The minimum Gasteiger partial charge on any atom is -0.375 e. The van der Waals surface area contributed by atoms with E-state index >= 15 is 0 Å². The van der Waals surface area contributed by atoms with E-state index in [-0.39, 0.29) is 18.5 Å². The monoisotopic (exact) mass is 374 g/mol. The average molecular weight is 374 g/mol. The molecule has 1 aromatic heterocycles. The zero-order chi connectivity index (χ0) is 18.8. The summed E-state index contributed by atoms with van der Waals surface area (Å²) < 4.78 is 101. The van der Waals surface area contributed by atoms with Crippen LogP contribution in [-0.4, -0.2) is 34.8 Å². The molecular formula is C15H17F7N2O. The van der Waals surface area contributed by atoms with Gasteiger partial charge in [-0.15, -0.1) is 0 Å². The highest BCUT2D eigenvalue weighted by molar-refractivity contribution is 5.39. The van der Waals surface area contributed by atoms with Crippen molar-refractivity contribution in [3.05, 3.63) is 17.0 Å². The average Bonchev–Trinajstić information content (AvgIpc) is 2.94. The van der Waals surface area contributed by atoms with E-state index in [0.717, 1.165) is 18.7 Å². The number of hydrogen-bond donors (Lipinski definition) is 0. The molecule has 1 fully saturated rings. The molecule has 0 amide bonds. The largest absolute Gasteiger partial charge is 0.435 e. The summed E-state index contributed by atoms with van der Waals surface area (Å²) in [6, 6.07) is -0.837. The standard InChI is InChI=1S/C15H17F7N2O/c1-7-11-9(6-14(7,18)19)24(23-12(11)15(20,21)22)8-3-4-13(16,17)10(5-8)25-2/h7-8,10H,3-6H2,1-2H3/t7?,8-,10+/m1/s1. The van der Waals surface area contributed by atoms with Gasteiger partial charge in [-0.05, 0) is 6.42 Å². The topological polar surface area (TPSA) is 27.1 Å². The molecule has 2 aliphatic carbocycles. The van der Waals surface area contributed by atoms with Crippen LogP contribution >= 0.6 is 0 Å². The Hall–Kier alpha value is -1.32. The summed E-state index contributed by atoms with van der Waals surface area (Å²) in [5.74, 6) is -8.06. The van der Waals surface area contributed by atoms with Crippen LogP contribution in [0.25, 0.3) is 0 Å². The maximum Gasteiger partial charge on any atom is 0.435 e. The third-order valence-corrected chi connectivity index (χ3v) is 5.19. The Kier molecular flexibility index (Phi) is 4.13. The summed E-state index contributed by atoms with van der Waals surface area (Å²) in [5, 5.41) is 3.52. The van der Waals surface area contributed by atoms with Crippen molar-refractivity contribution >= 4 is 0 Å². The van der Waals surface area contributed by atoms with Gasteiger partial charge in [0.1, 0.15) is 6.10 Å². The minimum atomic E-state index is -4.89. The predicted octanol–water partition coefficient (Wildman–Crippen LogP) is 4.57. The molecule has 0 spiro atoms. The number of fused-ring (bicyclic) bond motifs is 1. The summed E-state index contributed by atoms with van der Waals surface area (Å²) in [5.41, 5.74) is -2.09. The van der Waals surface area contributed by atoms with Gasteiger partial charge in [0.2, 0.25) is 0 Å². The van der Waals surface area contributed by atoms with Gasteiger partial charge < -0.3 is 4.74 Å². The molecule has 142 valence electrons. The van der Waals surface area contributed by atoms with E-state index in [1.807, 2.05) is 0 Å². The fraction of sp³-hybridized carbons (Fsp3) is 0.800. The third kappa shape index (κ3) is 2.92. The number of rotatable bonds is 2. The molecule has 0 N–H and O–H groups in total. The number of alkyl halides is 7. The van der Waals surface area contributed by atoms with E-state index in [9.17, 15) is 30.7 Å². The highest BCUT2D eigenvalue weighted by atomic mass is 19.4. The van der Waals surface area contributed by atoms with Crippen LogP contribution < -0.4 is 0 Å². The van der Waals surface area contributed by atoms with Crippen molar-refractivity contribution in [3.8, 4) is 0 Å². The molecular weight excluding hydrogens is 357 g/mol. The lowest BCUT2D eigenvalue weighted by atomic mass is 9.89. The van der Waals surface area contributed by atoms with Gasteiger partial charge in [-0.3, -0.25) is 4.68 Å². The quantitative estimate of drug-likeness (QED) is 0.709. The fourth-order valence-electron chi connectivity index (χ4n) is 3.76. The number of aromatic nitrogens is 2. The Morgan fingerprint density at radius 3 is 2.36 bits per heavy atom. The molecule has 3 atom stereocenters. The van der Waals surface area contributed by atoms with Crippen LogP contribution in [0.4, 0.5) is 30.7 Å². The first-order valence-corrected chi connectivity index (χ1v) is 7.85. The van der Waals surface area contributed by atoms with Gasteiger partial charge in [-0.1, -0.05) is 6.92 Å². The van der Waals surface area contributed by atoms with E-state index in [2.05, 4.69) is 5.10 Å². The summed E-state index contributed by atoms with van der Waals surface area (Å²) >= 11 is 0. The summed E-state index contributed by atoms with van der Waals surface area (Å²) in [4.78, 5) is 0. The van der Waals surface area contributed by atoms with E-state index in [1.54, 1.807) is 0 Å². The van der Waals surface area contributed by atoms with Gasteiger partial charge in [0.25, 0.3) is 11.8 Å². The number of nitrogens with zero attached hydrogens (tertiary/aromatic N) is 2. The maximum absolute atomic E-state index is 14.0. The minimum absolute atomic E-state index is 0.155. The molecule has 3 rings (SSSR count). The van der Waals surface area contributed by atoms with E-state index < -0.39 is 60.2 Å². The zero-order valence-electron chi connectivity index (χ0n) is 13.5. The lowest BCUT2D eigenvalue weighted by Crippen LogP contribution is -2.42. The third-order valence-electron chi connectivity index (χ3n) is 5.19. The second-order valence-electron chi connectivity index (χ2n) is 6.72. The van der Waals surface area contributed by atoms with Crippen LogP contribution in [-0.2, 0) is 17.3 Å². The molecule has 0 saturated heterocycles. The second-order valence-corrected chi connectivity index (χ2v) is 6.72. The predicted molar refractivity (Wildman–Crippen MR) is 72.9 cm³/mol. The van der Waals surface area contributed by atoms with Crippen molar-refractivity contribution in [2.45, 2.75) is 68.7 Å². The van der Waals surface area contributed by atoms with Gasteiger partial charge in [0, 0.05) is 37.1 Å². The molecule has 25 heavy (non-hydrogen) atoms. The van der Waals surface area contributed by atoms with Crippen molar-refractivity contribution in [3.63, 3.8) is 0 Å². The van der Waals surface area contributed by atoms with Crippen LogP contribution in [0.15, 0.2) is 0 Å². The first-order valence-electron chi connectivity index (χ1n) is 7.85. The second kappa shape index (κ2) is 5.59. The van der Waals surface area contributed by atoms with Gasteiger partial charge in [0.05, 0.1) is 12.5 Å². The molecule has 0 aliphatic heterocycles. The van der Waals surface area contributed by atoms with Crippen LogP contribution in [0.3, 0.4) is 0 Å². The molecule has 0 radical (unpaired) electrons. The Labute approximate surface area is 139 Å². The fourth-order valence-corrected chi connectivity index (χ4v) is 3.76. The summed E-state index contributed by atoms with van der Waals surface area (Å²) in [7, 11) is 1.09. The highest BCUT2D eigenvalue weighted by Gasteiger charge is 2.54. The smallest absolute Gasteiger partial charge is 0.375 e. The molecule has 3 nitrogen and oxygen atoms in total. The highest BCUT2D eigenvalue weighted by Crippen LogP contribution is 2.51. The van der Waals surface area contributed by atoms with E-state index in [0.29, 0.717) is 0 Å². The molecule has 1 saturated carbocycles. The number of halogens is 7. The van der Waals surface area contributed by atoms with Crippen LogP contribution in [0.2, 0.25) is 0 Å². The summed E-state index contributed by atoms with van der Waals surface area (Å²) in [6.45, 7) is 1.03. The lowest BCUT2D eigenvalue weighted by molar-refractivity contribution is -0.155. The molecule has 2 aliphatic rings. The normalized spacial score (nSPS) is 31.2. The number of ether oxygens (including phenoxy) is 1. The first kappa shape index (κ1) is 18.5. The Morgan fingerprint density at radius 2 is 1.80 bits per heavy atom. The number of methoxy groups -OCH3 is 1. The molecule has 0 aromatic carbocycles. The molecule has 1 unspecified atom stereocenters.